The lowest BCUT2D eigenvalue weighted by atomic mass is 9.84. The maximum atomic E-state index is 13.3. The number of ether oxygens (including phenoxy) is 1. The summed E-state index contributed by atoms with van der Waals surface area (Å²) in [5.74, 6) is -0.0219. The third-order valence-electron chi connectivity index (χ3n) is 7.60. The van der Waals surface area contributed by atoms with Gasteiger partial charge in [0.2, 0.25) is 0 Å². The number of nitrogens with zero attached hydrogens (tertiary/aromatic N) is 2. The summed E-state index contributed by atoms with van der Waals surface area (Å²) in [5.41, 5.74) is 5.03. The van der Waals surface area contributed by atoms with Gasteiger partial charge < -0.3 is 4.74 Å². The number of benzene rings is 2. The number of piperidine rings is 1. The molecule has 1 amide bonds. The molecule has 0 N–H and O–H groups in total. The molecule has 2 atom stereocenters. The van der Waals surface area contributed by atoms with E-state index < -0.39 is 11.7 Å². The Morgan fingerprint density at radius 3 is 2.36 bits per heavy atom. The standard InChI is InChI=1S/C29H25F3N2O2/c30-29(31,32)19-12-13-33-27(16-19)18-14-20-6-5-7-21(15-18)34(20)28(35)36-17-26-24-10-3-1-8-22(24)23-9-2-4-11-25(23)26/h1-4,8-14,16,20-21,26H,5-7,15,17H2. The normalized spacial score (nSPS) is 21.0. The molecule has 2 bridgehead atoms. The predicted molar refractivity (Wildman–Crippen MR) is 130 cm³/mol. The van der Waals surface area contributed by atoms with E-state index in [0.29, 0.717) is 12.1 Å². The van der Waals surface area contributed by atoms with Gasteiger partial charge in [-0.1, -0.05) is 54.6 Å². The molecular weight excluding hydrogens is 465 g/mol. The van der Waals surface area contributed by atoms with Crippen LogP contribution >= 0.6 is 0 Å². The first-order chi connectivity index (χ1) is 17.4. The van der Waals surface area contributed by atoms with E-state index in [1.807, 2.05) is 30.3 Å². The molecule has 2 aliphatic heterocycles. The molecule has 3 heterocycles. The fraction of sp³-hybridized carbons (Fsp3) is 0.310. The van der Waals surface area contributed by atoms with Gasteiger partial charge in [-0.3, -0.25) is 9.88 Å². The third-order valence-corrected chi connectivity index (χ3v) is 7.60. The topological polar surface area (TPSA) is 42.4 Å². The van der Waals surface area contributed by atoms with Crippen molar-refractivity contribution >= 4 is 11.7 Å². The van der Waals surface area contributed by atoms with Crippen LogP contribution in [0.4, 0.5) is 18.0 Å². The highest BCUT2D eigenvalue weighted by Crippen LogP contribution is 2.45. The highest BCUT2D eigenvalue weighted by molar-refractivity contribution is 5.79. The number of alkyl halides is 3. The first-order valence-corrected chi connectivity index (χ1v) is 12.3. The molecule has 4 nitrogen and oxygen atoms in total. The van der Waals surface area contributed by atoms with E-state index in [4.69, 9.17) is 4.74 Å². The molecule has 1 saturated heterocycles. The number of carbonyl (C=O) groups is 1. The van der Waals surface area contributed by atoms with Crippen molar-refractivity contribution in [1.29, 1.82) is 0 Å². The average Bonchev–Trinajstić information content (AvgIpc) is 3.20. The minimum atomic E-state index is -4.42. The second kappa shape index (κ2) is 8.80. The number of amides is 1. The highest BCUT2D eigenvalue weighted by atomic mass is 19.4. The summed E-state index contributed by atoms with van der Waals surface area (Å²) in [6.45, 7) is 0.245. The van der Waals surface area contributed by atoms with Crippen LogP contribution in [0.5, 0.6) is 0 Å². The van der Waals surface area contributed by atoms with Gasteiger partial charge in [0.1, 0.15) is 6.61 Å². The Kier molecular flexibility index (Phi) is 5.58. The van der Waals surface area contributed by atoms with Gasteiger partial charge in [-0.25, -0.2) is 4.79 Å². The molecule has 0 saturated carbocycles. The molecule has 184 valence electrons. The molecule has 1 aliphatic carbocycles. The first-order valence-electron chi connectivity index (χ1n) is 12.3. The summed E-state index contributed by atoms with van der Waals surface area (Å²) in [6, 6.07) is 18.2. The molecule has 2 unspecified atom stereocenters. The number of rotatable bonds is 3. The van der Waals surface area contributed by atoms with E-state index in [-0.39, 0.29) is 30.7 Å². The zero-order valence-corrected chi connectivity index (χ0v) is 19.5. The number of halogens is 3. The van der Waals surface area contributed by atoms with Crippen LogP contribution in [0.2, 0.25) is 0 Å². The van der Waals surface area contributed by atoms with Crippen LogP contribution in [0.3, 0.4) is 0 Å². The van der Waals surface area contributed by atoms with E-state index in [1.54, 1.807) is 4.90 Å². The van der Waals surface area contributed by atoms with E-state index in [2.05, 4.69) is 29.2 Å². The Morgan fingerprint density at radius 1 is 1.00 bits per heavy atom. The minimum Gasteiger partial charge on any atom is -0.448 e. The largest absolute Gasteiger partial charge is 0.448 e. The molecule has 1 fully saturated rings. The van der Waals surface area contributed by atoms with Crippen LogP contribution in [0.15, 0.2) is 72.9 Å². The van der Waals surface area contributed by atoms with E-state index in [1.165, 1.54) is 17.3 Å². The molecule has 1 aromatic heterocycles. The predicted octanol–water partition coefficient (Wildman–Crippen LogP) is 7.06. The molecular formula is C29H25F3N2O2. The van der Waals surface area contributed by atoms with E-state index >= 15 is 0 Å². The lowest BCUT2D eigenvalue weighted by Gasteiger charge is -2.44. The van der Waals surface area contributed by atoms with Crippen LogP contribution in [0.25, 0.3) is 16.7 Å². The highest BCUT2D eigenvalue weighted by Gasteiger charge is 2.40. The number of hydrogen-bond donors (Lipinski definition) is 0. The van der Waals surface area contributed by atoms with Crippen LogP contribution in [-0.2, 0) is 10.9 Å². The molecule has 3 aromatic rings. The Labute approximate surface area is 207 Å². The van der Waals surface area contributed by atoms with Gasteiger partial charge in [0, 0.05) is 18.2 Å². The zero-order valence-electron chi connectivity index (χ0n) is 19.5. The molecule has 0 spiro atoms. The third kappa shape index (κ3) is 3.96. The van der Waals surface area contributed by atoms with Crippen LogP contribution in [-0.4, -0.2) is 34.7 Å². The van der Waals surface area contributed by atoms with Gasteiger partial charge in [0.05, 0.1) is 17.3 Å². The summed E-state index contributed by atoms with van der Waals surface area (Å²) in [7, 11) is 0. The fourth-order valence-electron chi connectivity index (χ4n) is 5.96. The molecule has 3 aliphatic rings. The Bertz CT molecular complexity index is 1300. The number of carbonyl (C=O) groups excluding carboxylic acids is 1. The summed E-state index contributed by atoms with van der Waals surface area (Å²) in [4.78, 5) is 19.3. The summed E-state index contributed by atoms with van der Waals surface area (Å²) >= 11 is 0. The molecule has 6 rings (SSSR count). The van der Waals surface area contributed by atoms with Crippen LogP contribution in [0, 0.1) is 0 Å². The fourth-order valence-corrected chi connectivity index (χ4v) is 5.96. The quantitative estimate of drug-likeness (QED) is 0.395. The van der Waals surface area contributed by atoms with Gasteiger partial charge in [-0.2, -0.15) is 13.2 Å². The first kappa shape index (κ1) is 22.8. The second-order valence-corrected chi connectivity index (χ2v) is 9.69. The zero-order chi connectivity index (χ0) is 24.9. The SMILES string of the molecule is O=C(OCC1c2ccccc2-c2ccccc21)N1C2C=C(c3cc(C(F)(F)F)ccn3)CC1CCC2. The van der Waals surface area contributed by atoms with Crippen LogP contribution < -0.4 is 0 Å². The lowest BCUT2D eigenvalue weighted by molar-refractivity contribution is -0.137. The Hall–Kier alpha value is -3.61. The van der Waals surface area contributed by atoms with Crippen molar-refractivity contribution in [2.45, 2.75) is 49.9 Å². The minimum absolute atomic E-state index is 0.0219. The number of hydrogen-bond acceptors (Lipinski definition) is 3. The van der Waals surface area contributed by atoms with Crippen LogP contribution in [0.1, 0.15) is 54.0 Å². The maximum Gasteiger partial charge on any atom is 0.416 e. The lowest BCUT2D eigenvalue weighted by Crippen LogP contribution is -2.52. The number of fused-ring (bicyclic) bond motifs is 5. The summed E-state index contributed by atoms with van der Waals surface area (Å²) in [5, 5.41) is 0. The smallest absolute Gasteiger partial charge is 0.416 e. The Morgan fingerprint density at radius 2 is 1.69 bits per heavy atom. The van der Waals surface area contributed by atoms with Crippen molar-refractivity contribution < 1.29 is 22.7 Å². The van der Waals surface area contributed by atoms with Crippen molar-refractivity contribution in [3.63, 3.8) is 0 Å². The van der Waals surface area contributed by atoms with Crippen molar-refractivity contribution in [1.82, 2.24) is 9.88 Å². The number of aromatic nitrogens is 1. The summed E-state index contributed by atoms with van der Waals surface area (Å²) < 4.78 is 45.6. The van der Waals surface area contributed by atoms with Gasteiger partial charge in [0.15, 0.2) is 0 Å². The Balaban J connectivity index is 1.22. The van der Waals surface area contributed by atoms with E-state index in [0.717, 1.165) is 48.1 Å². The summed E-state index contributed by atoms with van der Waals surface area (Å²) in [6.07, 6.45) is 1.29. The number of pyridine rings is 1. The van der Waals surface area contributed by atoms with Crippen molar-refractivity contribution in [2.75, 3.05) is 6.61 Å². The second-order valence-electron chi connectivity index (χ2n) is 9.69. The van der Waals surface area contributed by atoms with Gasteiger partial charge in [-0.05, 0) is 65.6 Å². The average molecular weight is 491 g/mol. The maximum absolute atomic E-state index is 13.3. The molecule has 7 heteroatoms. The monoisotopic (exact) mass is 490 g/mol. The molecule has 36 heavy (non-hydrogen) atoms. The van der Waals surface area contributed by atoms with Gasteiger partial charge in [-0.15, -0.1) is 0 Å². The van der Waals surface area contributed by atoms with Crippen molar-refractivity contribution in [3.05, 3.63) is 95.3 Å². The van der Waals surface area contributed by atoms with Crippen molar-refractivity contribution in [2.24, 2.45) is 0 Å². The van der Waals surface area contributed by atoms with Crippen molar-refractivity contribution in [3.8, 4) is 11.1 Å². The van der Waals surface area contributed by atoms with Gasteiger partial charge >= 0.3 is 12.3 Å². The molecule has 2 aromatic carbocycles. The van der Waals surface area contributed by atoms with E-state index in [9.17, 15) is 18.0 Å². The molecule has 0 radical (unpaired) electrons. The van der Waals surface area contributed by atoms with Gasteiger partial charge in [0.25, 0.3) is 0 Å².